The van der Waals surface area contributed by atoms with Crippen molar-refractivity contribution in [3.8, 4) is 0 Å². The van der Waals surface area contributed by atoms with Gasteiger partial charge >= 0.3 is 5.97 Å². The fourth-order valence-electron chi connectivity index (χ4n) is 2.79. The Balaban J connectivity index is 2.34. The van der Waals surface area contributed by atoms with E-state index in [9.17, 15) is 13.2 Å². The fourth-order valence-corrected chi connectivity index (χ4v) is 4.45. The van der Waals surface area contributed by atoms with Crippen LogP contribution in [-0.4, -0.2) is 27.0 Å². The molecule has 1 aromatic carbocycles. The Hall–Kier alpha value is -1.40. The molecule has 0 bridgehead atoms. The third-order valence-electron chi connectivity index (χ3n) is 3.92. The second-order valence-electron chi connectivity index (χ2n) is 5.71. The van der Waals surface area contributed by atoms with E-state index < -0.39 is 21.5 Å². The predicted molar refractivity (Wildman–Crippen MR) is 79.6 cm³/mol. The molecule has 0 atom stereocenters. The Bertz CT molecular complexity index is 618. The summed E-state index contributed by atoms with van der Waals surface area (Å²) >= 11 is 0. The number of carbonyl (C=O) groups excluding carboxylic acids is 1. The van der Waals surface area contributed by atoms with Gasteiger partial charge in [0.2, 0.25) is 10.0 Å². The molecule has 0 heterocycles. The maximum absolute atomic E-state index is 12.6. The van der Waals surface area contributed by atoms with Crippen LogP contribution < -0.4 is 4.72 Å². The van der Waals surface area contributed by atoms with Crippen LogP contribution in [0.4, 0.5) is 0 Å². The standard InChI is InChI=1S/C15H21NO4S/c1-15(10-6-3-7-11-15)16-21(18,19)13-9-5-4-8-12(13)14(17)20-2/h4-5,8-9,16H,3,6-7,10-11H2,1-2H3. The molecule has 1 fully saturated rings. The van der Waals surface area contributed by atoms with E-state index in [1.165, 1.54) is 19.2 Å². The molecule has 6 heteroatoms. The van der Waals surface area contributed by atoms with Gasteiger partial charge in [0.05, 0.1) is 17.6 Å². The van der Waals surface area contributed by atoms with Crippen LogP contribution in [0.2, 0.25) is 0 Å². The minimum Gasteiger partial charge on any atom is -0.465 e. The summed E-state index contributed by atoms with van der Waals surface area (Å²) in [6.45, 7) is 1.92. The molecule has 1 N–H and O–H groups in total. The van der Waals surface area contributed by atoms with Crippen molar-refractivity contribution in [3.63, 3.8) is 0 Å². The first-order valence-electron chi connectivity index (χ1n) is 7.09. The van der Waals surface area contributed by atoms with Crippen molar-refractivity contribution in [1.82, 2.24) is 4.72 Å². The Morgan fingerprint density at radius 3 is 2.43 bits per heavy atom. The third kappa shape index (κ3) is 3.63. The number of benzene rings is 1. The first-order valence-corrected chi connectivity index (χ1v) is 8.58. The van der Waals surface area contributed by atoms with Gasteiger partial charge in [0.1, 0.15) is 0 Å². The van der Waals surface area contributed by atoms with Crippen LogP contribution in [0.1, 0.15) is 49.4 Å². The van der Waals surface area contributed by atoms with E-state index in [1.807, 2.05) is 6.92 Å². The maximum Gasteiger partial charge on any atom is 0.339 e. The lowest BCUT2D eigenvalue weighted by Gasteiger charge is -2.34. The normalized spacial score (nSPS) is 18.2. The minimum atomic E-state index is -3.75. The quantitative estimate of drug-likeness (QED) is 0.867. The predicted octanol–water partition coefficient (Wildman–Crippen LogP) is 2.47. The fraction of sp³-hybridized carbons (Fsp3) is 0.533. The Morgan fingerprint density at radius 1 is 1.19 bits per heavy atom. The SMILES string of the molecule is COC(=O)c1ccccc1S(=O)(=O)NC1(C)CCCCC1. The van der Waals surface area contributed by atoms with Crippen molar-refractivity contribution >= 4 is 16.0 Å². The zero-order chi connectivity index (χ0) is 15.5. The summed E-state index contributed by atoms with van der Waals surface area (Å²) in [4.78, 5) is 11.7. The van der Waals surface area contributed by atoms with Crippen LogP contribution in [0, 0.1) is 0 Å². The number of sulfonamides is 1. The number of rotatable bonds is 4. The summed E-state index contributed by atoms with van der Waals surface area (Å²) in [5.74, 6) is -0.648. The first-order chi connectivity index (χ1) is 9.88. The summed E-state index contributed by atoms with van der Waals surface area (Å²) in [6, 6.07) is 6.11. The molecule has 0 unspecified atom stereocenters. The molecular formula is C15H21NO4S. The van der Waals surface area contributed by atoms with E-state index in [-0.39, 0.29) is 10.5 Å². The van der Waals surface area contributed by atoms with Crippen molar-refractivity contribution < 1.29 is 17.9 Å². The van der Waals surface area contributed by atoms with Crippen molar-refractivity contribution in [1.29, 1.82) is 0 Å². The van der Waals surface area contributed by atoms with Crippen LogP contribution in [-0.2, 0) is 14.8 Å². The zero-order valence-electron chi connectivity index (χ0n) is 12.4. The molecule has 1 aromatic rings. The average Bonchev–Trinajstić information content (AvgIpc) is 2.46. The van der Waals surface area contributed by atoms with E-state index in [4.69, 9.17) is 0 Å². The van der Waals surface area contributed by atoms with Crippen LogP contribution in [0.3, 0.4) is 0 Å². The highest BCUT2D eigenvalue weighted by Gasteiger charge is 2.33. The number of hydrogen-bond acceptors (Lipinski definition) is 4. The summed E-state index contributed by atoms with van der Waals surface area (Å²) in [5, 5.41) is 0. The van der Waals surface area contributed by atoms with Gasteiger partial charge in [-0.3, -0.25) is 0 Å². The molecule has 5 nitrogen and oxygen atoms in total. The molecule has 0 spiro atoms. The van der Waals surface area contributed by atoms with Gasteiger partial charge in [0, 0.05) is 5.54 Å². The largest absolute Gasteiger partial charge is 0.465 e. The van der Waals surface area contributed by atoms with E-state index in [0.717, 1.165) is 32.1 Å². The number of carbonyl (C=O) groups is 1. The first kappa shape index (κ1) is 16.0. The highest BCUT2D eigenvalue weighted by molar-refractivity contribution is 7.89. The lowest BCUT2D eigenvalue weighted by atomic mass is 9.84. The molecule has 0 aliphatic heterocycles. The summed E-state index contributed by atoms with van der Waals surface area (Å²) in [6.07, 6.45) is 4.78. The molecule has 2 rings (SSSR count). The van der Waals surface area contributed by atoms with Crippen LogP contribution >= 0.6 is 0 Å². The van der Waals surface area contributed by atoms with Crippen LogP contribution in [0.15, 0.2) is 29.2 Å². The second-order valence-corrected chi connectivity index (χ2v) is 7.37. The number of nitrogens with one attached hydrogen (secondary N) is 1. The van der Waals surface area contributed by atoms with Gasteiger partial charge in [-0.15, -0.1) is 0 Å². The molecule has 116 valence electrons. The smallest absolute Gasteiger partial charge is 0.339 e. The van der Waals surface area contributed by atoms with Gasteiger partial charge in [-0.05, 0) is 31.9 Å². The molecule has 0 amide bonds. The molecule has 1 saturated carbocycles. The second kappa shape index (κ2) is 6.15. The monoisotopic (exact) mass is 311 g/mol. The maximum atomic E-state index is 12.6. The topological polar surface area (TPSA) is 72.5 Å². The van der Waals surface area contributed by atoms with Gasteiger partial charge in [-0.1, -0.05) is 31.4 Å². The van der Waals surface area contributed by atoms with E-state index in [0.29, 0.717) is 0 Å². The number of methoxy groups -OCH3 is 1. The van der Waals surface area contributed by atoms with E-state index in [2.05, 4.69) is 9.46 Å². The van der Waals surface area contributed by atoms with E-state index >= 15 is 0 Å². The van der Waals surface area contributed by atoms with Crippen molar-refractivity contribution in [2.75, 3.05) is 7.11 Å². The zero-order valence-corrected chi connectivity index (χ0v) is 13.2. The Labute approximate surface area is 125 Å². The van der Waals surface area contributed by atoms with Crippen molar-refractivity contribution in [2.45, 2.75) is 49.5 Å². The van der Waals surface area contributed by atoms with Gasteiger partial charge < -0.3 is 4.74 Å². The minimum absolute atomic E-state index is 0.0244. The molecule has 1 aliphatic rings. The highest BCUT2D eigenvalue weighted by atomic mass is 32.2. The van der Waals surface area contributed by atoms with Crippen LogP contribution in [0.25, 0.3) is 0 Å². The Kier molecular flexibility index (Phi) is 4.68. The number of ether oxygens (including phenoxy) is 1. The highest BCUT2D eigenvalue weighted by Crippen LogP contribution is 2.30. The van der Waals surface area contributed by atoms with E-state index in [1.54, 1.807) is 12.1 Å². The van der Waals surface area contributed by atoms with Crippen molar-refractivity contribution in [3.05, 3.63) is 29.8 Å². The van der Waals surface area contributed by atoms with Gasteiger partial charge in [-0.25, -0.2) is 17.9 Å². The third-order valence-corrected chi connectivity index (χ3v) is 5.62. The number of esters is 1. The lowest BCUT2D eigenvalue weighted by molar-refractivity contribution is 0.0596. The molecule has 0 radical (unpaired) electrons. The van der Waals surface area contributed by atoms with Crippen LogP contribution in [0.5, 0.6) is 0 Å². The summed E-state index contributed by atoms with van der Waals surface area (Å²) in [7, 11) is -2.52. The Morgan fingerprint density at radius 2 is 1.81 bits per heavy atom. The van der Waals surface area contributed by atoms with Gasteiger partial charge in [0.25, 0.3) is 0 Å². The van der Waals surface area contributed by atoms with Gasteiger partial charge in [-0.2, -0.15) is 0 Å². The molecule has 1 aliphatic carbocycles. The average molecular weight is 311 g/mol. The van der Waals surface area contributed by atoms with Crippen molar-refractivity contribution in [2.24, 2.45) is 0 Å². The molecule has 0 saturated heterocycles. The summed E-state index contributed by atoms with van der Waals surface area (Å²) in [5.41, 5.74) is -0.382. The summed E-state index contributed by atoms with van der Waals surface area (Å²) < 4.78 is 32.7. The van der Waals surface area contributed by atoms with Gasteiger partial charge in [0.15, 0.2) is 0 Å². The lowest BCUT2D eigenvalue weighted by Crippen LogP contribution is -2.47. The molecule has 0 aromatic heterocycles. The molecule has 21 heavy (non-hydrogen) atoms. The number of hydrogen-bond donors (Lipinski definition) is 1. The molecular weight excluding hydrogens is 290 g/mol.